The van der Waals surface area contributed by atoms with E-state index in [1.807, 2.05) is 7.05 Å². The first kappa shape index (κ1) is 18.9. The molecule has 2 unspecified atom stereocenters. The van der Waals surface area contributed by atoms with Crippen molar-refractivity contribution in [2.45, 2.75) is 64.8 Å². The lowest BCUT2D eigenvalue weighted by atomic mass is 10.00. The number of nitrogens with zero attached hydrogens (tertiary/aromatic N) is 1. The zero-order valence-corrected chi connectivity index (χ0v) is 14.7. The first-order valence-corrected chi connectivity index (χ1v) is 9.90. The maximum atomic E-state index is 12.6. The van der Waals surface area contributed by atoms with E-state index in [0.29, 0.717) is 19.0 Å². The molecule has 126 valence electrons. The SMILES string of the molecule is CCCCC(CC)CNS(=O)(=O)N1CCCCC1CNC. The van der Waals surface area contributed by atoms with Crippen LogP contribution in [0.5, 0.6) is 0 Å². The van der Waals surface area contributed by atoms with E-state index < -0.39 is 10.2 Å². The molecular weight excluding hydrogens is 286 g/mol. The summed E-state index contributed by atoms with van der Waals surface area (Å²) in [7, 11) is -1.46. The Morgan fingerprint density at radius 2 is 2.05 bits per heavy atom. The van der Waals surface area contributed by atoms with Crippen LogP contribution in [0.15, 0.2) is 0 Å². The minimum Gasteiger partial charge on any atom is -0.318 e. The maximum Gasteiger partial charge on any atom is 0.279 e. The van der Waals surface area contributed by atoms with Crippen molar-refractivity contribution in [2.24, 2.45) is 5.92 Å². The van der Waals surface area contributed by atoms with Gasteiger partial charge in [-0.05, 0) is 32.2 Å². The highest BCUT2D eigenvalue weighted by Gasteiger charge is 2.31. The van der Waals surface area contributed by atoms with Crippen LogP contribution in [0.3, 0.4) is 0 Å². The lowest BCUT2D eigenvalue weighted by molar-refractivity contribution is 0.245. The van der Waals surface area contributed by atoms with Gasteiger partial charge in [-0.25, -0.2) is 4.72 Å². The average Bonchev–Trinajstić information content (AvgIpc) is 2.48. The Bertz CT molecular complexity index is 371. The molecule has 6 heteroatoms. The van der Waals surface area contributed by atoms with Gasteiger partial charge in [-0.2, -0.15) is 12.7 Å². The molecule has 1 aliphatic heterocycles. The van der Waals surface area contributed by atoms with E-state index in [1.54, 1.807) is 4.31 Å². The van der Waals surface area contributed by atoms with Crippen LogP contribution in [0, 0.1) is 5.92 Å². The van der Waals surface area contributed by atoms with Gasteiger partial charge in [0.1, 0.15) is 0 Å². The van der Waals surface area contributed by atoms with Crippen molar-refractivity contribution in [1.82, 2.24) is 14.3 Å². The largest absolute Gasteiger partial charge is 0.318 e. The monoisotopic (exact) mass is 319 g/mol. The van der Waals surface area contributed by atoms with Crippen LogP contribution in [0.2, 0.25) is 0 Å². The van der Waals surface area contributed by atoms with Gasteiger partial charge >= 0.3 is 0 Å². The molecule has 0 saturated carbocycles. The van der Waals surface area contributed by atoms with Gasteiger partial charge in [-0.3, -0.25) is 0 Å². The Labute approximate surface area is 131 Å². The molecule has 1 fully saturated rings. The fourth-order valence-electron chi connectivity index (χ4n) is 2.98. The van der Waals surface area contributed by atoms with Gasteiger partial charge in [-0.15, -0.1) is 0 Å². The van der Waals surface area contributed by atoms with Crippen molar-refractivity contribution < 1.29 is 8.42 Å². The van der Waals surface area contributed by atoms with Crippen LogP contribution in [0.25, 0.3) is 0 Å². The van der Waals surface area contributed by atoms with E-state index in [4.69, 9.17) is 0 Å². The molecule has 21 heavy (non-hydrogen) atoms. The van der Waals surface area contributed by atoms with Crippen molar-refractivity contribution in [2.75, 3.05) is 26.7 Å². The number of piperidine rings is 1. The Kier molecular flexibility index (Phi) is 8.78. The van der Waals surface area contributed by atoms with E-state index in [2.05, 4.69) is 23.9 Å². The van der Waals surface area contributed by atoms with Gasteiger partial charge in [0, 0.05) is 25.7 Å². The Morgan fingerprint density at radius 3 is 2.67 bits per heavy atom. The van der Waals surface area contributed by atoms with E-state index in [1.165, 1.54) is 12.8 Å². The molecule has 1 aliphatic rings. The van der Waals surface area contributed by atoms with E-state index >= 15 is 0 Å². The quantitative estimate of drug-likeness (QED) is 0.648. The minimum atomic E-state index is -3.34. The highest BCUT2D eigenvalue weighted by molar-refractivity contribution is 7.87. The van der Waals surface area contributed by atoms with Crippen molar-refractivity contribution in [3.63, 3.8) is 0 Å². The van der Waals surface area contributed by atoms with Crippen LogP contribution >= 0.6 is 0 Å². The number of likely N-dealkylation sites (N-methyl/N-ethyl adjacent to an activating group) is 1. The van der Waals surface area contributed by atoms with E-state index in [9.17, 15) is 8.42 Å². The normalized spacial score (nSPS) is 22.3. The molecule has 0 spiro atoms. The second-order valence-corrected chi connectivity index (χ2v) is 7.80. The van der Waals surface area contributed by atoms with Crippen LogP contribution in [0.4, 0.5) is 0 Å². The minimum absolute atomic E-state index is 0.0944. The molecule has 0 aromatic rings. The van der Waals surface area contributed by atoms with E-state index in [-0.39, 0.29) is 6.04 Å². The summed E-state index contributed by atoms with van der Waals surface area (Å²) in [5.74, 6) is 0.451. The highest BCUT2D eigenvalue weighted by atomic mass is 32.2. The molecule has 5 nitrogen and oxygen atoms in total. The fourth-order valence-corrected chi connectivity index (χ4v) is 4.53. The van der Waals surface area contributed by atoms with Gasteiger partial charge in [0.25, 0.3) is 10.2 Å². The lowest BCUT2D eigenvalue weighted by Gasteiger charge is -2.34. The topological polar surface area (TPSA) is 61.4 Å². The van der Waals surface area contributed by atoms with Gasteiger partial charge in [0.2, 0.25) is 0 Å². The molecule has 1 rings (SSSR count). The molecule has 2 N–H and O–H groups in total. The first-order chi connectivity index (χ1) is 10.0. The summed E-state index contributed by atoms with van der Waals surface area (Å²) in [4.78, 5) is 0. The summed E-state index contributed by atoms with van der Waals surface area (Å²) in [5.41, 5.74) is 0. The number of hydrogen-bond acceptors (Lipinski definition) is 3. The molecule has 0 aromatic heterocycles. The summed E-state index contributed by atoms with van der Waals surface area (Å²) in [6.45, 7) is 6.26. The summed E-state index contributed by atoms with van der Waals surface area (Å²) in [6, 6.07) is 0.0944. The second kappa shape index (κ2) is 9.77. The molecule has 0 amide bonds. The molecular formula is C15H33N3O2S. The smallest absolute Gasteiger partial charge is 0.279 e. The van der Waals surface area contributed by atoms with Crippen LogP contribution in [-0.4, -0.2) is 45.4 Å². The Balaban J connectivity index is 2.57. The Hall–Kier alpha value is -0.170. The Morgan fingerprint density at radius 1 is 1.29 bits per heavy atom. The summed E-state index contributed by atoms with van der Waals surface area (Å²) < 4.78 is 29.6. The first-order valence-electron chi connectivity index (χ1n) is 8.46. The summed E-state index contributed by atoms with van der Waals surface area (Å²) in [5, 5.41) is 3.11. The number of hydrogen-bond donors (Lipinski definition) is 2. The third kappa shape index (κ3) is 6.22. The second-order valence-electron chi connectivity index (χ2n) is 6.09. The maximum absolute atomic E-state index is 12.6. The fraction of sp³-hybridized carbons (Fsp3) is 1.00. The predicted octanol–water partition coefficient (Wildman–Crippen LogP) is 2.11. The predicted molar refractivity (Wildman–Crippen MR) is 88.5 cm³/mol. The molecule has 0 radical (unpaired) electrons. The third-order valence-electron chi connectivity index (χ3n) is 4.42. The van der Waals surface area contributed by atoms with Crippen LogP contribution in [-0.2, 0) is 10.2 Å². The van der Waals surface area contributed by atoms with Crippen molar-refractivity contribution >= 4 is 10.2 Å². The van der Waals surface area contributed by atoms with Gasteiger partial charge in [-0.1, -0.05) is 39.5 Å². The lowest BCUT2D eigenvalue weighted by Crippen LogP contribution is -2.52. The standard InChI is InChI=1S/C15H33N3O2S/c1-4-6-9-14(5-2)12-17-21(19,20)18-11-8-7-10-15(18)13-16-3/h14-17H,4-13H2,1-3H3. The average molecular weight is 320 g/mol. The molecule has 2 atom stereocenters. The molecule has 1 saturated heterocycles. The number of rotatable bonds is 10. The highest BCUT2D eigenvalue weighted by Crippen LogP contribution is 2.20. The summed E-state index contributed by atoms with van der Waals surface area (Å²) in [6.07, 6.45) is 7.51. The molecule has 0 aliphatic carbocycles. The van der Waals surface area contributed by atoms with Gasteiger partial charge in [0.15, 0.2) is 0 Å². The zero-order valence-electron chi connectivity index (χ0n) is 13.9. The molecule has 1 heterocycles. The number of nitrogens with one attached hydrogen (secondary N) is 2. The zero-order chi connectivity index (χ0) is 15.7. The van der Waals surface area contributed by atoms with Crippen LogP contribution in [0.1, 0.15) is 58.8 Å². The van der Waals surface area contributed by atoms with Gasteiger partial charge < -0.3 is 5.32 Å². The van der Waals surface area contributed by atoms with Crippen molar-refractivity contribution in [3.8, 4) is 0 Å². The van der Waals surface area contributed by atoms with Gasteiger partial charge in [0.05, 0.1) is 0 Å². The van der Waals surface area contributed by atoms with Crippen LogP contribution < -0.4 is 10.0 Å². The third-order valence-corrected chi connectivity index (χ3v) is 6.05. The van der Waals surface area contributed by atoms with Crippen molar-refractivity contribution in [3.05, 3.63) is 0 Å². The summed E-state index contributed by atoms with van der Waals surface area (Å²) >= 11 is 0. The van der Waals surface area contributed by atoms with Crippen molar-refractivity contribution in [1.29, 1.82) is 0 Å². The molecule has 0 bridgehead atoms. The van der Waals surface area contributed by atoms with E-state index in [0.717, 1.165) is 38.6 Å². The molecule has 0 aromatic carbocycles. The number of unbranched alkanes of at least 4 members (excludes halogenated alkanes) is 1.